The summed E-state index contributed by atoms with van der Waals surface area (Å²) in [6.45, 7) is 11.9. The van der Waals surface area contributed by atoms with Crippen molar-refractivity contribution < 1.29 is 0 Å². The van der Waals surface area contributed by atoms with Gasteiger partial charge in [0.2, 0.25) is 0 Å². The molecule has 0 radical (unpaired) electrons. The third-order valence-corrected chi connectivity index (χ3v) is 7.77. The van der Waals surface area contributed by atoms with Crippen LogP contribution in [0, 0.1) is 5.92 Å². The predicted molar refractivity (Wildman–Crippen MR) is 154 cm³/mol. The molecule has 0 aromatic carbocycles. The molecule has 0 N–H and O–H groups in total. The Morgan fingerprint density at radius 1 is 0.441 bits per heavy atom. The van der Waals surface area contributed by atoms with E-state index in [2.05, 4.69) is 49.9 Å². The van der Waals surface area contributed by atoms with Crippen molar-refractivity contribution in [3.63, 3.8) is 0 Å². The van der Waals surface area contributed by atoms with E-state index in [1.54, 1.807) is 0 Å². The number of unbranched alkanes of at least 4 members (excludes halogenated alkanes) is 20. The first-order valence-corrected chi connectivity index (χ1v) is 15.9. The molecule has 1 unspecified atom stereocenters. The van der Waals surface area contributed by atoms with E-state index in [0.717, 1.165) is 0 Å². The molecule has 202 valence electrons. The molecule has 1 heterocycles. The molecule has 0 saturated carbocycles. The molecule has 1 aliphatic heterocycles. The predicted octanol–water partition coefficient (Wildman–Crippen LogP) is 10.7. The highest BCUT2D eigenvalue weighted by atomic mass is 15.4. The van der Waals surface area contributed by atoms with Gasteiger partial charge in [-0.3, -0.25) is 0 Å². The summed E-state index contributed by atoms with van der Waals surface area (Å²) in [6.07, 6.45) is 36.8. The van der Waals surface area contributed by atoms with E-state index >= 15 is 0 Å². The average Bonchev–Trinajstić information content (AvgIpc) is 3.24. The zero-order chi connectivity index (χ0) is 24.7. The Morgan fingerprint density at radius 2 is 0.706 bits per heavy atom. The Bertz CT molecular complexity index is 444. The molecule has 1 rings (SSSR count). The fourth-order valence-corrected chi connectivity index (χ4v) is 5.63. The van der Waals surface area contributed by atoms with Crippen LogP contribution in [0.4, 0.5) is 0 Å². The van der Waals surface area contributed by atoms with Crippen LogP contribution < -0.4 is 0 Å². The molecule has 1 aliphatic rings. The maximum absolute atomic E-state index is 2.63. The second-order valence-electron chi connectivity index (χ2n) is 11.5. The summed E-state index contributed by atoms with van der Waals surface area (Å²) < 4.78 is 0. The van der Waals surface area contributed by atoms with Gasteiger partial charge in [-0.1, -0.05) is 156 Å². The topological polar surface area (TPSA) is 6.48 Å². The van der Waals surface area contributed by atoms with Gasteiger partial charge in [-0.2, -0.15) is 0 Å². The van der Waals surface area contributed by atoms with Gasteiger partial charge in [0.05, 0.1) is 0 Å². The highest BCUT2D eigenvalue weighted by molar-refractivity contribution is 4.98. The Hall–Kier alpha value is -0.660. The lowest BCUT2D eigenvalue weighted by atomic mass is 10.0. The van der Waals surface area contributed by atoms with Gasteiger partial charge in [-0.15, -0.1) is 0 Å². The van der Waals surface area contributed by atoms with Crippen LogP contribution >= 0.6 is 0 Å². The fraction of sp³-hybridized carbons (Fsp3) is 0.938. The standard InChI is InChI=1S/C32H64N2/c1-5-7-9-11-13-14-15-16-17-18-19-20-21-22-24-26-28-34-30-29-33(32(34)31(3)4)27-25-23-12-10-8-6-2/h29-32H,5-28H2,1-4H3. The summed E-state index contributed by atoms with van der Waals surface area (Å²) >= 11 is 0. The Balaban J connectivity index is 1.95. The van der Waals surface area contributed by atoms with E-state index in [1.807, 2.05) is 0 Å². The Morgan fingerprint density at radius 3 is 0.971 bits per heavy atom. The minimum atomic E-state index is 0.590. The molecule has 0 fully saturated rings. The second-order valence-corrected chi connectivity index (χ2v) is 11.5. The van der Waals surface area contributed by atoms with E-state index < -0.39 is 0 Å². The lowest BCUT2D eigenvalue weighted by Gasteiger charge is -2.36. The van der Waals surface area contributed by atoms with Crippen molar-refractivity contribution in [1.29, 1.82) is 0 Å². The number of rotatable bonds is 25. The average molecular weight is 477 g/mol. The van der Waals surface area contributed by atoms with E-state index in [9.17, 15) is 0 Å². The smallest absolute Gasteiger partial charge is 0.103 e. The molecule has 0 bridgehead atoms. The maximum Gasteiger partial charge on any atom is 0.103 e. The molecule has 0 spiro atoms. The van der Waals surface area contributed by atoms with Gasteiger partial charge >= 0.3 is 0 Å². The molecule has 0 saturated heterocycles. The van der Waals surface area contributed by atoms with Gasteiger partial charge in [0.25, 0.3) is 0 Å². The van der Waals surface area contributed by atoms with Crippen molar-refractivity contribution in [2.24, 2.45) is 5.92 Å². The molecule has 0 aromatic rings. The Kier molecular flexibility index (Phi) is 21.0. The lowest BCUT2D eigenvalue weighted by molar-refractivity contribution is 0.104. The van der Waals surface area contributed by atoms with Crippen molar-refractivity contribution in [2.45, 2.75) is 175 Å². The van der Waals surface area contributed by atoms with Crippen LogP contribution in [0.5, 0.6) is 0 Å². The molecule has 1 atom stereocenters. The minimum absolute atomic E-state index is 0.590. The van der Waals surface area contributed by atoms with Gasteiger partial charge in [0.15, 0.2) is 0 Å². The van der Waals surface area contributed by atoms with Gasteiger partial charge in [-0.05, 0) is 18.8 Å². The lowest BCUT2D eigenvalue weighted by Crippen LogP contribution is -2.43. The van der Waals surface area contributed by atoms with Crippen LogP contribution in [-0.4, -0.2) is 29.1 Å². The van der Waals surface area contributed by atoms with Crippen LogP contribution in [0.3, 0.4) is 0 Å². The van der Waals surface area contributed by atoms with Crippen LogP contribution in [0.15, 0.2) is 12.4 Å². The molecule has 0 aliphatic carbocycles. The molecule has 2 nitrogen and oxygen atoms in total. The summed E-state index contributed by atoms with van der Waals surface area (Å²) in [6, 6.07) is 0. The van der Waals surface area contributed by atoms with Crippen molar-refractivity contribution in [2.75, 3.05) is 13.1 Å². The third kappa shape index (κ3) is 16.1. The van der Waals surface area contributed by atoms with Crippen molar-refractivity contribution >= 4 is 0 Å². The van der Waals surface area contributed by atoms with Crippen molar-refractivity contribution in [1.82, 2.24) is 9.80 Å². The molecular formula is C32H64N2. The maximum atomic E-state index is 2.63. The van der Waals surface area contributed by atoms with Crippen molar-refractivity contribution in [3.05, 3.63) is 12.4 Å². The zero-order valence-corrected chi connectivity index (χ0v) is 24.2. The van der Waals surface area contributed by atoms with Crippen LogP contribution in [0.2, 0.25) is 0 Å². The largest absolute Gasteiger partial charge is 0.356 e. The van der Waals surface area contributed by atoms with Gasteiger partial charge < -0.3 is 9.80 Å². The summed E-state index contributed by atoms with van der Waals surface area (Å²) in [5, 5.41) is 0. The molecule has 34 heavy (non-hydrogen) atoms. The highest BCUT2D eigenvalue weighted by Gasteiger charge is 2.28. The summed E-state index contributed by atoms with van der Waals surface area (Å²) in [7, 11) is 0. The first kappa shape index (κ1) is 31.4. The minimum Gasteiger partial charge on any atom is -0.356 e. The van der Waals surface area contributed by atoms with Gasteiger partial charge in [0.1, 0.15) is 6.17 Å². The van der Waals surface area contributed by atoms with Gasteiger partial charge in [0, 0.05) is 25.5 Å². The van der Waals surface area contributed by atoms with E-state index in [1.165, 1.54) is 154 Å². The van der Waals surface area contributed by atoms with E-state index in [0.29, 0.717) is 12.1 Å². The summed E-state index contributed by atoms with van der Waals surface area (Å²) in [4.78, 5) is 5.25. The molecular weight excluding hydrogens is 412 g/mol. The second kappa shape index (κ2) is 22.8. The van der Waals surface area contributed by atoms with E-state index in [-0.39, 0.29) is 0 Å². The normalized spacial score (nSPS) is 15.9. The molecule has 0 amide bonds. The first-order chi connectivity index (χ1) is 16.7. The van der Waals surface area contributed by atoms with Crippen molar-refractivity contribution in [3.8, 4) is 0 Å². The zero-order valence-electron chi connectivity index (χ0n) is 24.2. The molecule has 0 aromatic heterocycles. The fourth-order valence-electron chi connectivity index (χ4n) is 5.63. The first-order valence-electron chi connectivity index (χ1n) is 15.9. The van der Waals surface area contributed by atoms with E-state index in [4.69, 9.17) is 0 Å². The van der Waals surface area contributed by atoms with Crippen LogP contribution in [-0.2, 0) is 0 Å². The number of hydrogen-bond acceptors (Lipinski definition) is 2. The highest BCUT2D eigenvalue weighted by Crippen LogP contribution is 2.24. The van der Waals surface area contributed by atoms with Gasteiger partial charge in [-0.25, -0.2) is 0 Å². The van der Waals surface area contributed by atoms with Crippen LogP contribution in [0.1, 0.15) is 169 Å². The quantitative estimate of drug-likeness (QED) is 0.121. The molecule has 2 heteroatoms. The third-order valence-electron chi connectivity index (χ3n) is 7.77. The number of nitrogens with zero attached hydrogens (tertiary/aromatic N) is 2. The summed E-state index contributed by atoms with van der Waals surface area (Å²) in [5.74, 6) is 0.691. The number of hydrogen-bond donors (Lipinski definition) is 0. The van der Waals surface area contributed by atoms with Crippen LogP contribution in [0.25, 0.3) is 0 Å². The monoisotopic (exact) mass is 477 g/mol. The SMILES string of the molecule is CCCCCCCCCCCCCCCCCCN1C=CN(CCCCCCCC)C1C(C)C. The Labute approximate surface area is 216 Å². The summed E-state index contributed by atoms with van der Waals surface area (Å²) in [5.41, 5.74) is 0.